The van der Waals surface area contributed by atoms with Crippen LogP contribution >= 0.6 is 0 Å². The maximum absolute atomic E-state index is 12.7. The second-order valence-corrected chi connectivity index (χ2v) is 8.67. The highest BCUT2D eigenvalue weighted by Crippen LogP contribution is 2.18. The highest BCUT2D eigenvalue weighted by atomic mass is 32.2. The largest absolute Gasteiger partial charge is 0.379 e. The van der Waals surface area contributed by atoms with Crippen molar-refractivity contribution < 1.29 is 17.9 Å². The molecule has 2 heterocycles. The third-order valence-corrected chi connectivity index (χ3v) is 6.71. The summed E-state index contributed by atoms with van der Waals surface area (Å²) in [4.78, 5) is 16.5. The number of rotatable bonds is 6. The summed E-state index contributed by atoms with van der Waals surface area (Å²) in [5.41, 5.74) is 2.20. The van der Waals surface area contributed by atoms with Crippen LogP contribution in [0.15, 0.2) is 66.1 Å². The van der Waals surface area contributed by atoms with E-state index in [9.17, 15) is 13.2 Å². The third-order valence-electron chi connectivity index (χ3n) is 4.80. The van der Waals surface area contributed by atoms with Crippen LogP contribution in [0.5, 0.6) is 0 Å². The van der Waals surface area contributed by atoms with Gasteiger partial charge in [-0.1, -0.05) is 12.1 Å². The molecule has 1 aliphatic heterocycles. The van der Waals surface area contributed by atoms with Crippen LogP contribution in [0.25, 0.3) is 5.69 Å². The van der Waals surface area contributed by atoms with Gasteiger partial charge in [0.25, 0.3) is 5.91 Å². The SMILES string of the molecule is O=C(NCc1ccc(-n2cncn2)cc1)c1ccc(S(=O)(=O)N2CCOCC2)cc1. The van der Waals surface area contributed by atoms with Gasteiger partial charge in [-0.05, 0) is 42.0 Å². The van der Waals surface area contributed by atoms with E-state index < -0.39 is 10.0 Å². The molecule has 3 aromatic rings. The average Bonchev–Trinajstić information content (AvgIpc) is 3.33. The molecule has 156 valence electrons. The Labute approximate surface area is 174 Å². The predicted molar refractivity (Wildman–Crippen MR) is 109 cm³/mol. The number of ether oxygens (including phenoxy) is 1. The lowest BCUT2D eigenvalue weighted by molar-refractivity contribution is 0.0730. The molecular formula is C20H21N5O4S. The van der Waals surface area contributed by atoms with Crippen molar-refractivity contribution in [1.82, 2.24) is 24.4 Å². The van der Waals surface area contributed by atoms with Gasteiger partial charge in [0.2, 0.25) is 10.0 Å². The lowest BCUT2D eigenvalue weighted by Gasteiger charge is -2.26. The first-order chi connectivity index (χ1) is 14.5. The van der Waals surface area contributed by atoms with Crippen LogP contribution in [0.3, 0.4) is 0 Å². The molecule has 1 N–H and O–H groups in total. The minimum Gasteiger partial charge on any atom is -0.379 e. The maximum atomic E-state index is 12.7. The molecule has 0 saturated carbocycles. The Morgan fingerprint density at radius 2 is 1.73 bits per heavy atom. The molecular weight excluding hydrogens is 406 g/mol. The van der Waals surface area contributed by atoms with Gasteiger partial charge in [-0.15, -0.1) is 0 Å². The Morgan fingerprint density at radius 1 is 1.03 bits per heavy atom. The molecule has 9 nitrogen and oxygen atoms in total. The van der Waals surface area contributed by atoms with Crippen LogP contribution in [0.1, 0.15) is 15.9 Å². The summed E-state index contributed by atoms with van der Waals surface area (Å²) in [6.45, 7) is 1.80. The number of aromatic nitrogens is 3. The number of sulfonamides is 1. The van der Waals surface area contributed by atoms with Crippen LogP contribution in [0, 0.1) is 0 Å². The van der Waals surface area contributed by atoms with E-state index in [1.54, 1.807) is 11.0 Å². The van der Waals surface area contributed by atoms with E-state index >= 15 is 0 Å². The van der Waals surface area contributed by atoms with E-state index in [-0.39, 0.29) is 10.8 Å². The molecule has 1 fully saturated rings. The fourth-order valence-electron chi connectivity index (χ4n) is 3.11. The van der Waals surface area contributed by atoms with E-state index in [0.29, 0.717) is 38.4 Å². The van der Waals surface area contributed by atoms with Crippen LogP contribution in [0.2, 0.25) is 0 Å². The fourth-order valence-corrected chi connectivity index (χ4v) is 4.51. The smallest absolute Gasteiger partial charge is 0.251 e. The Bertz CT molecular complexity index is 1090. The summed E-state index contributed by atoms with van der Waals surface area (Å²) >= 11 is 0. The summed E-state index contributed by atoms with van der Waals surface area (Å²) in [5, 5.41) is 6.91. The molecule has 0 spiro atoms. The van der Waals surface area contributed by atoms with Gasteiger partial charge in [0.15, 0.2) is 0 Å². The molecule has 0 aliphatic carbocycles. The van der Waals surface area contributed by atoms with Gasteiger partial charge in [0.1, 0.15) is 12.7 Å². The Balaban J connectivity index is 1.37. The molecule has 0 radical (unpaired) electrons. The molecule has 0 atom stereocenters. The molecule has 30 heavy (non-hydrogen) atoms. The summed E-state index contributed by atoms with van der Waals surface area (Å²) in [5.74, 6) is -0.273. The first kappa shape index (κ1) is 20.2. The second kappa shape index (κ2) is 8.74. The topological polar surface area (TPSA) is 106 Å². The molecule has 0 unspecified atom stereocenters. The molecule has 10 heteroatoms. The van der Waals surface area contributed by atoms with Gasteiger partial charge >= 0.3 is 0 Å². The monoisotopic (exact) mass is 427 g/mol. The number of hydrogen-bond donors (Lipinski definition) is 1. The lowest BCUT2D eigenvalue weighted by Crippen LogP contribution is -2.40. The van der Waals surface area contributed by atoms with Gasteiger partial charge in [0.05, 0.1) is 23.8 Å². The number of hydrogen-bond acceptors (Lipinski definition) is 6. The van der Waals surface area contributed by atoms with Crippen molar-refractivity contribution in [2.75, 3.05) is 26.3 Å². The Morgan fingerprint density at radius 3 is 2.37 bits per heavy atom. The minimum atomic E-state index is -3.57. The first-order valence-electron chi connectivity index (χ1n) is 9.44. The quantitative estimate of drug-likeness (QED) is 0.634. The summed E-state index contributed by atoms with van der Waals surface area (Å²) in [6, 6.07) is 13.6. The third kappa shape index (κ3) is 4.40. The summed E-state index contributed by atoms with van der Waals surface area (Å²) in [6.07, 6.45) is 3.07. The summed E-state index contributed by atoms with van der Waals surface area (Å²) in [7, 11) is -3.57. The first-order valence-corrected chi connectivity index (χ1v) is 10.9. The molecule has 1 saturated heterocycles. The zero-order valence-corrected chi connectivity index (χ0v) is 17.0. The maximum Gasteiger partial charge on any atom is 0.251 e. The van der Waals surface area contributed by atoms with Gasteiger partial charge in [-0.2, -0.15) is 9.40 Å². The minimum absolute atomic E-state index is 0.171. The number of carbonyl (C=O) groups excluding carboxylic acids is 1. The average molecular weight is 427 g/mol. The molecule has 4 rings (SSSR count). The zero-order chi connectivity index (χ0) is 21.0. The Kier molecular flexibility index (Phi) is 5.88. The second-order valence-electron chi connectivity index (χ2n) is 6.73. The summed E-state index contributed by atoms with van der Waals surface area (Å²) < 4.78 is 33.6. The van der Waals surface area contributed by atoms with E-state index in [4.69, 9.17) is 4.74 Å². The number of carbonyl (C=O) groups is 1. The van der Waals surface area contributed by atoms with Crippen molar-refractivity contribution >= 4 is 15.9 Å². The van der Waals surface area contributed by atoms with E-state index in [0.717, 1.165) is 11.3 Å². The standard InChI is InChI=1S/C20H21N5O4S/c26-20(22-13-16-1-5-18(6-2-16)25-15-21-14-23-25)17-3-7-19(8-4-17)30(27,28)24-9-11-29-12-10-24/h1-8,14-15H,9-13H2,(H,22,26). The molecule has 2 aromatic carbocycles. The fraction of sp³-hybridized carbons (Fsp3) is 0.250. The van der Waals surface area contributed by atoms with Gasteiger partial charge in [0, 0.05) is 25.2 Å². The van der Waals surface area contributed by atoms with Crippen molar-refractivity contribution in [3.63, 3.8) is 0 Å². The van der Waals surface area contributed by atoms with Crippen molar-refractivity contribution in [2.45, 2.75) is 11.4 Å². The van der Waals surface area contributed by atoms with Gasteiger partial charge in [-0.3, -0.25) is 4.79 Å². The van der Waals surface area contributed by atoms with E-state index in [1.165, 1.54) is 34.9 Å². The highest BCUT2D eigenvalue weighted by molar-refractivity contribution is 7.89. The van der Waals surface area contributed by atoms with E-state index in [2.05, 4.69) is 15.4 Å². The van der Waals surface area contributed by atoms with Crippen LogP contribution < -0.4 is 5.32 Å². The zero-order valence-electron chi connectivity index (χ0n) is 16.1. The number of nitrogens with one attached hydrogen (secondary N) is 1. The molecule has 1 aromatic heterocycles. The van der Waals surface area contributed by atoms with Crippen LogP contribution in [0.4, 0.5) is 0 Å². The van der Waals surface area contributed by atoms with E-state index in [1.807, 2.05) is 24.3 Å². The molecule has 1 aliphatic rings. The van der Waals surface area contributed by atoms with Crippen molar-refractivity contribution in [3.8, 4) is 5.69 Å². The number of morpholine rings is 1. The van der Waals surface area contributed by atoms with Crippen molar-refractivity contribution in [3.05, 3.63) is 72.3 Å². The van der Waals surface area contributed by atoms with Crippen LogP contribution in [-0.2, 0) is 21.3 Å². The van der Waals surface area contributed by atoms with Crippen molar-refractivity contribution in [2.24, 2.45) is 0 Å². The predicted octanol–water partition coefficient (Wildman–Crippen LogP) is 1.22. The van der Waals surface area contributed by atoms with Crippen molar-refractivity contribution in [1.29, 1.82) is 0 Å². The van der Waals surface area contributed by atoms with Gasteiger partial charge in [-0.25, -0.2) is 18.1 Å². The Hall–Kier alpha value is -3.08. The molecule has 1 amide bonds. The number of amides is 1. The number of benzene rings is 2. The molecule has 0 bridgehead atoms. The lowest BCUT2D eigenvalue weighted by atomic mass is 10.2. The number of nitrogens with zero attached hydrogens (tertiary/aromatic N) is 4. The van der Waals surface area contributed by atoms with Crippen LogP contribution in [-0.4, -0.2) is 59.7 Å². The normalized spacial score (nSPS) is 15.1. The van der Waals surface area contributed by atoms with Gasteiger partial charge < -0.3 is 10.1 Å². The highest BCUT2D eigenvalue weighted by Gasteiger charge is 2.26.